The molecule has 1 aliphatic rings. The number of carbonyl (C=O) groups excluding carboxylic acids is 10. The maximum atomic E-state index is 14.4. The Morgan fingerprint density at radius 2 is 1.07 bits per heavy atom. The third-order valence-corrected chi connectivity index (χ3v) is 13.5. The fourth-order valence-corrected chi connectivity index (χ4v) is 8.75. The van der Waals surface area contributed by atoms with Gasteiger partial charge in [0.15, 0.2) is 0 Å². The highest BCUT2D eigenvalue weighted by Crippen LogP contribution is 2.13. The summed E-state index contributed by atoms with van der Waals surface area (Å²) in [6.45, 7) is 13.4. The van der Waals surface area contributed by atoms with Crippen LogP contribution in [0.2, 0.25) is 0 Å². The first kappa shape index (κ1) is 72.4. The maximum Gasteiger partial charge on any atom is 0.245 e. The van der Waals surface area contributed by atoms with Gasteiger partial charge >= 0.3 is 0 Å². The van der Waals surface area contributed by atoms with E-state index in [-0.39, 0.29) is 89.6 Å². The average molecular weight is 1140 g/mol. The fraction of sp³-hybridized carbons (Fsp3) is 0.808. The first-order chi connectivity index (χ1) is 37.8. The molecule has 1 heterocycles. The smallest absolute Gasteiger partial charge is 0.245 e. The number of hydrogen-bond acceptors (Lipinski definition) is 18. The first-order valence-electron chi connectivity index (χ1n) is 28.4. The molecule has 1 rings (SSSR count). The zero-order valence-corrected chi connectivity index (χ0v) is 48.5. The molecule has 0 aromatic carbocycles. The molecule has 0 aromatic rings. The third kappa shape index (κ3) is 27.2. The second-order valence-corrected chi connectivity index (χ2v) is 21.7. The predicted molar refractivity (Wildman–Crippen MR) is 301 cm³/mol. The van der Waals surface area contributed by atoms with Crippen LogP contribution in [-0.2, 0) is 47.9 Å². The van der Waals surface area contributed by atoms with E-state index in [0.717, 1.165) is 12.8 Å². The van der Waals surface area contributed by atoms with E-state index in [2.05, 4.69) is 65.4 Å². The Hall–Kier alpha value is -5.62. The molecule has 0 aliphatic carbocycles. The molecule has 0 saturated carbocycles. The van der Waals surface area contributed by atoms with E-state index in [4.69, 9.17) is 28.7 Å². The highest BCUT2D eigenvalue weighted by atomic mass is 16.3. The number of nitrogens with one attached hydrogen (secondary N) is 11. The quantitative estimate of drug-likeness (QED) is 0.0348. The van der Waals surface area contributed by atoms with Gasteiger partial charge in [-0.15, -0.1) is 0 Å². The van der Waals surface area contributed by atoms with Crippen LogP contribution >= 0.6 is 0 Å². The van der Waals surface area contributed by atoms with E-state index in [9.17, 15) is 58.2 Å². The second-order valence-electron chi connectivity index (χ2n) is 21.7. The van der Waals surface area contributed by atoms with Gasteiger partial charge in [0, 0.05) is 25.6 Å². The summed E-state index contributed by atoms with van der Waals surface area (Å²) in [5, 5.41) is 50.8. The van der Waals surface area contributed by atoms with Gasteiger partial charge in [0.05, 0.1) is 18.2 Å². The van der Waals surface area contributed by atoms with Crippen LogP contribution in [0, 0.1) is 17.8 Å². The highest BCUT2D eigenvalue weighted by molar-refractivity contribution is 5.97. The molecule has 0 aromatic heterocycles. The van der Waals surface area contributed by atoms with Crippen LogP contribution in [0.3, 0.4) is 0 Å². The molecule has 0 bridgehead atoms. The number of amides is 10. The standard InChI is InChI=1S/C52H100N16O12/c1-9-30(6)11-10-12-41(71)61-34(13-19-53)48(76)68-43(32(8)70)52(80)66-37(16-22-56)46(74)65-39-18-24-58-51(79)42(31(7)69)67-49(77)38(17-23-57)63-45(73)36(15-21-55)64-50(78)40(26-29(4)5)59-27-33(25-28(2)3)60-44(72)35(14-20-54)62-47(39)75/h28-40,42-43,59,69-70H,9-27,53-57H2,1-8H3,(H,58,79)(H,60,72)(H,61,71)(H,62,75)(H,63,73)(H,64,78)(H,65,74)(H,66,80)(H,67,77)(H,68,76)/t30?,31-,32-,33-,34+,35+,36+,37+,38+,39+,40+,42+,43+/m1/s1. The molecule has 23 N–H and O–H groups in total. The van der Waals surface area contributed by atoms with Crippen molar-refractivity contribution in [3.8, 4) is 0 Å². The van der Waals surface area contributed by atoms with Crippen LogP contribution in [0.25, 0.3) is 0 Å². The van der Waals surface area contributed by atoms with E-state index in [1.807, 2.05) is 34.6 Å². The Morgan fingerprint density at radius 1 is 0.575 bits per heavy atom. The molecule has 460 valence electrons. The van der Waals surface area contributed by atoms with Gasteiger partial charge in [0.1, 0.15) is 48.3 Å². The van der Waals surface area contributed by atoms with Gasteiger partial charge in [-0.25, -0.2) is 0 Å². The van der Waals surface area contributed by atoms with Crippen molar-refractivity contribution < 1.29 is 58.2 Å². The molecule has 1 aliphatic heterocycles. The summed E-state index contributed by atoms with van der Waals surface area (Å²) in [7, 11) is 0. The molecule has 0 radical (unpaired) electrons. The van der Waals surface area contributed by atoms with Gasteiger partial charge in [-0.1, -0.05) is 54.4 Å². The molecule has 13 atom stereocenters. The molecule has 1 saturated heterocycles. The summed E-state index contributed by atoms with van der Waals surface area (Å²) in [5.41, 5.74) is 29.3. The Morgan fingerprint density at radius 3 is 1.56 bits per heavy atom. The van der Waals surface area contributed by atoms with Crippen molar-refractivity contribution in [3.63, 3.8) is 0 Å². The minimum Gasteiger partial charge on any atom is -0.391 e. The van der Waals surface area contributed by atoms with Crippen molar-refractivity contribution in [3.05, 3.63) is 0 Å². The van der Waals surface area contributed by atoms with Gasteiger partial charge < -0.3 is 97.4 Å². The second kappa shape index (κ2) is 38.9. The summed E-state index contributed by atoms with van der Waals surface area (Å²) >= 11 is 0. The Bertz CT molecular complexity index is 1970. The largest absolute Gasteiger partial charge is 0.391 e. The van der Waals surface area contributed by atoms with Crippen LogP contribution < -0.4 is 87.2 Å². The molecule has 10 amide bonds. The summed E-state index contributed by atoms with van der Waals surface area (Å²) in [6, 6.07) is -12.9. The normalized spacial score (nSPS) is 23.8. The van der Waals surface area contributed by atoms with Crippen LogP contribution in [0.1, 0.15) is 132 Å². The minimum atomic E-state index is -1.67. The monoisotopic (exact) mass is 1140 g/mol. The number of hydrogen-bond donors (Lipinski definition) is 18. The van der Waals surface area contributed by atoms with Crippen molar-refractivity contribution in [2.45, 2.75) is 205 Å². The molecule has 28 heteroatoms. The number of aliphatic hydroxyl groups excluding tert-OH is 2. The summed E-state index contributed by atoms with van der Waals surface area (Å²) < 4.78 is 0. The third-order valence-electron chi connectivity index (χ3n) is 13.5. The van der Waals surface area contributed by atoms with E-state index >= 15 is 0 Å². The minimum absolute atomic E-state index is 0.00120. The van der Waals surface area contributed by atoms with Crippen molar-refractivity contribution in [2.24, 2.45) is 46.4 Å². The molecular formula is C52H100N16O12. The zero-order valence-electron chi connectivity index (χ0n) is 48.5. The number of carbonyl (C=O) groups is 10. The van der Waals surface area contributed by atoms with Crippen molar-refractivity contribution >= 4 is 59.1 Å². The van der Waals surface area contributed by atoms with E-state index in [1.165, 1.54) is 13.8 Å². The lowest BCUT2D eigenvalue weighted by Crippen LogP contribution is -2.62. The molecule has 1 unspecified atom stereocenters. The summed E-state index contributed by atoms with van der Waals surface area (Å²) in [6.07, 6.45) is -0.741. The topological polar surface area (TPSA) is 474 Å². The molecule has 28 nitrogen and oxygen atoms in total. The average Bonchev–Trinajstić information content (AvgIpc) is 3.38. The summed E-state index contributed by atoms with van der Waals surface area (Å²) in [4.78, 5) is 138. The molecule has 0 spiro atoms. The van der Waals surface area contributed by atoms with E-state index < -0.39 is 145 Å². The van der Waals surface area contributed by atoms with Gasteiger partial charge in [0.25, 0.3) is 0 Å². The lowest BCUT2D eigenvalue weighted by Gasteiger charge is -2.29. The number of rotatable bonds is 28. The number of nitrogens with two attached hydrogens (primary N) is 5. The van der Waals surface area contributed by atoms with Crippen molar-refractivity contribution in [2.75, 3.05) is 45.8 Å². The predicted octanol–water partition coefficient (Wildman–Crippen LogP) is -5.36. The molecular weight excluding hydrogens is 1040 g/mol. The lowest BCUT2D eigenvalue weighted by molar-refractivity contribution is -0.136. The fourth-order valence-electron chi connectivity index (χ4n) is 8.75. The van der Waals surface area contributed by atoms with E-state index in [0.29, 0.717) is 25.2 Å². The SMILES string of the molecule is CCC(C)CCCC(=O)N[C@@H](CCN)C(=O)N[C@H](C(=O)N[C@@H](CCN)C(=O)N[C@H]1CCNC(=O)[C@H]([C@@H](C)O)NC(=O)[C@H](CCN)NC(=O)[C@H](CCN)NC(=O)[C@H](CC(C)C)NC[C@@H](CC(C)C)NC(=O)[C@H](CCN)NC1=O)[C@@H](C)O. The Balaban J connectivity index is 3.78. The Labute approximate surface area is 471 Å². The van der Waals surface area contributed by atoms with Gasteiger partial charge in [-0.3, -0.25) is 47.9 Å². The van der Waals surface area contributed by atoms with Gasteiger partial charge in [-0.05, 0) is 122 Å². The molecule has 80 heavy (non-hydrogen) atoms. The van der Waals surface area contributed by atoms with Crippen LogP contribution in [0.4, 0.5) is 0 Å². The van der Waals surface area contributed by atoms with Crippen molar-refractivity contribution in [1.82, 2.24) is 58.5 Å². The first-order valence-corrected chi connectivity index (χ1v) is 28.4. The van der Waals surface area contributed by atoms with Crippen LogP contribution in [-0.4, -0.2) is 188 Å². The summed E-state index contributed by atoms with van der Waals surface area (Å²) in [5.74, 6) is -7.60. The van der Waals surface area contributed by atoms with Crippen LogP contribution in [0.15, 0.2) is 0 Å². The number of aliphatic hydroxyl groups is 2. The van der Waals surface area contributed by atoms with Gasteiger partial charge in [-0.2, -0.15) is 0 Å². The van der Waals surface area contributed by atoms with Crippen molar-refractivity contribution in [1.29, 1.82) is 0 Å². The van der Waals surface area contributed by atoms with E-state index in [1.54, 1.807) is 0 Å². The highest BCUT2D eigenvalue weighted by Gasteiger charge is 2.37. The maximum absolute atomic E-state index is 14.4. The Kier molecular flexibility index (Phi) is 35.2. The van der Waals surface area contributed by atoms with Gasteiger partial charge in [0.2, 0.25) is 59.1 Å². The zero-order chi connectivity index (χ0) is 60.6. The lowest BCUT2D eigenvalue weighted by atomic mass is 9.99. The van der Waals surface area contributed by atoms with Crippen LogP contribution in [0.5, 0.6) is 0 Å². The molecule has 1 fully saturated rings.